The summed E-state index contributed by atoms with van der Waals surface area (Å²) in [4.78, 5) is 4.26. The van der Waals surface area contributed by atoms with Crippen LogP contribution in [0.2, 0.25) is 0 Å². The van der Waals surface area contributed by atoms with Gasteiger partial charge in [-0.05, 0) is 59.1 Å². The summed E-state index contributed by atoms with van der Waals surface area (Å²) in [6.45, 7) is 2.20. The molecule has 0 N–H and O–H groups in total. The summed E-state index contributed by atoms with van der Waals surface area (Å²) in [6.07, 6.45) is 1.95. The minimum absolute atomic E-state index is 0.131. The van der Waals surface area contributed by atoms with E-state index in [0.29, 0.717) is 24.4 Å². The number of aromatic nitrogens is 1. The van der Waals surface area contributed by atoms with E-state index in [-0.39, 0.29) is 17.5 Å². The number of aryl methyl sites for hydroxylation is 1. The molecule has 1 saturated heterocycles. The van der Waals surface area contributed by atoms with Crippen molar-refractivity contribution < 1.29 is 17.5 Å². The molecule has 8 heteroatoms. The van der Waals surface area contributed by atoms with Gasteiger partial charge in [0.25, 0.3) is 0 Å². The van der Waals surface area contributed by atoms with Gasteiger partial charge in [0, 0.05) is 23.3 Å². The third-order valence-corrected chi connectivity index (χ3v) is 6.34. The molecule has 0 amide bonds. The molecule has 1 fully saturated rings. The Morgan fingerprint density at radius 1 is 1.33 bits per heavy atom. The number of ether oxygens (including phenoxy) is 1. The normalized spacial score (nSPS) is 18.7. The van der Waals surface area contributed by atoms with Crippen LogP contribution in [0.4, 0.5) is 4.39 Å². The van der Waals surface area contributed by atoms with Crippen molar-refractivity contribution in [2.24, 2.45) is 0 Å². The molecule has 1 aromatic heterocycles. The van der Waals surface area contributed by atoms with E-state index in [1.54, 1.807) is 19.2 Å². The second kappa shape index (κ2) is 6.78. The number of hydrogen-bond donors (Lipinski definition) is 0. The topological polar surface area (TPSA) is 59.5 Å². The molecule has 1 aliphatic rings. The lowest BCUT2D eigenvalue weighted by Gasteiger charge is -2.18. The monoisotopic (exact) mass is 414 g/mol. The van der Waals surface area contributed by atoms with E-state index in [1.165, 1.54) is 16.4 Å². The van der Waals surface area contributed by atoms with Crippen LogP contribution in [0.3, 0.4) is 0 Å². The van der Waals surface area contributed by atoms with Gasteiger partial charge in [-0.1, -0.05) is 0 Å². The van der Waals surface area contributed by atoms with E-state index >= 15 is 0 Å². The van der Waals surface area contributed by atoms with Crippen molar-refractivity contribution >= 4 is 26.0 Å². The van der Waals surface area contributed by atoms with Crippen LogP contribution in [0.25, 0.3) is 0 Å². The Bertz CT molecular complexity index is 843. The number of sulfonamides is 1. The molecule has 1 atom stereocenters. The molecule has 1 unspecified atom stereocenters. The predicted octanol–water partition coefficient (Wildman–Crippen LogP) is 3.13. The lowest BCUT2D eigenvalue weighted by Crippen LogP contribution is -2.31. The van der Waals surface area contributed by atoms with Gasteiger partial charge in [0.05, 0.1) is 11.4 Å². The Balaban J connectivity index is 1.73. The predicted molar refractivity (Wildman–Crippen MR) is 90.9 cm³/mol. The van der Waals surface area contributed by atoms with Crippen LogP contribution >= 0.6 is 15.9 Å². The summed E-state index contributed by atoms with van der Waals surface area (Å²) in [5, 5.41) is 0. The first-order valence-electron chi connectivity index (χ1n) is 7.41. The van der Waals surface area contributed by atoms with Gasteiger partial charge in [0.2, 0.25) is 15.9 Å². The quantitative estimate of drug-likeness (QED) is 0.770. The first kappa shape index (κ1) is 17.3. The van der Waals surface area contributed by atoms with Crippen LogP contribution < -0.4 is 4.74 Å². The first-order chi connectivity index (χ1) is 11.4. The maximum absolute atomic E-state index is 13.2. The molecule has 0 radical (unpaired) electrons. The average Bonchev–Trinajstić information content (AvgIpc) is 2.98. The van der Waals surface area contributed by atoms with Crippen molar-refractivity contribution in [3.05, 3.63) is 52.4 Å². The molecule has 5 nitrogen and oxygen atoms in total. The molecule has 24 heavy (non-hydrogen) atoms. The lowest BCUT2D eigenvalue weighted by atomic mass is 10.2. The SMILES string of the molecule is Cc1cc(F)ccc1S(=O)(=O)N1CCC(Oc2ccc(Br)cn2)C1. The molecule has 0 aliphatic carbocycles. The Labute approximate surface area is 148 Å². The lowest BCUT2D eigenvalue weighted by molar-refractivity contribution is 0.207. The number of nitrogens with zero attached hydrogens (tertiary/aromatic N) is 2. The molecule has 0 spiro atoms. The van der Waals surface area contributed by atoms with Gasteiger partial charge in [-0.2, -0.15) is 4.31 Å². The zero-order chi connectivity index (χ0) is 17.3. The second-order valence-electron chi connectivity index (χ2n) is 5.62. The van der Waals surface area contributed by atoms with Gasteiger partial charge in [-0.25, -0.2) is 17.8 Å². The van der Waals surface area contributed by atoms with E-state index in [4.69, 9.17) is 4.74 Å². The smallest absolute Gasteiger partial charge is 0.243 e. The van der Waals surface area contributed by atoms with Crippen LogP contribution in [0.5, 0.6) is 5.88 Å². The molecule has 0 saturated carbocycles. The van der Waals surface area contributed by atoms with Crippen LogP contribution in [0, 0.1) is 12.7 Å². The minimum atomic E-state index is -3.66. The second-order valence-corrected chi connectivity index (χ2v) is 8.44. The minimum Gasteiger partial charge on any atom is -0.473 e. The highest BCUT2D eigenvalue weighted by Gasteiger charge is 2.34. The summed E-state index contributed by atoms with van der Waals surface area (Å²) < 4.78 is 46.6. The summed E-state index contributed by atoms with van der Waals surface area (Å²) in [5.41, 5.74) is 0.397. The highest BCUT2D eigenvalue weighted by atomic mass is 79.9. The molecule has 128 valence electrons. The Morgan fingerprint density at radius 2 is 2.12 bits per heavy atom. The fourth-order valence-corrected chi connectivity index (χ4v) is 4.58. The summed E-state index contributed by atoms with van der Waals surface area (Å²) in [6, 6.07) is 7.24. The van der Waals surface area contributed by atoms with E-state index < -0.39 is 15.8 Å². The van der Waals surface area contributed by atoms with Crippen molar-refractivity contribution in [2.45, 2.75) is 24.3 Å². The highest BCUT2D eigenvalue weighted by Crippen LogP contribution is 2.26. The number of benzene rings is 1. The zero-order valence-corrected chi connectivity index (χ0v) is 15.3. The van der Waals surface area contributed by atoms with E-state index in [9.17, 15) is 12.8 Å². The summed E-state index contributed by atoms with van der Waals surface area (Å²) in [5.74, 6) is 0.0100. The third kappa shape index (κ3) is 3.60. The van der Waals surface area contributed by atoms with Gasteiger partial charge in [0.1, 0.15) is 11.9 Å². The van der Waals surface area contributed by atoms with Crippen LogP contribution in [-0.4, -0.2) is 36.9 Å². The maximum Gasteiger partial charge on any atom is 0.243 e. The van der Waals surface area contributed by atoms with E-state index in [0.717, 1.165) is 10.5 Å². The van der Waals surface area contributed by atoms with Gasteiger partial charge in [-0.3, -0.25) is 0 Å². The third-order valence-electron chi connectivity index (χ3n) is 3.85. The van der Waals surface area contributed by atoms with Gasteiger partial charge in [-0.15, -0.1) is 0 Å². The summed E-state index contributed by atoms with van der Waals surface area (Å²) >= 11 is 3.30. The molecule has 2 aromatic rings. The Hall–Kier alpha value is -1.51. The fraction of sp³-hybridized carbons (Fsp3) is 0.312. The van der Waals surface area contributed by atoms with Gasteiger partial charge >= 0.3 is 0 Å². The Kier molecular flexibility index (Phi) is 4.89. The van der Waals surface area contributed by atoms with Crippen LogP contribution in [0.15, 0.2) is 45.9 Å². The number of rotatable bonds is 4. The first-order valence-corrected chi connectivity index (χ1v) is 9.64. The average molecular weight is 415 g/mol. The zero-order valence-electron chi connectivity index (χ0n) is 12.9. The van der Waals surface area contributed by atoms with Gasteiger partial charge < -0.3 is 4.74 Å². The fourth-order valence-electron chi connectivity index (χ4n) is 2.66. The number of hydrogen-bond acceptors (Lipinski definition) is 4. The van der Waals surface area contributed by atoms with Crippen molar-refractivity contribution in [1.82, 2.24) is 9.29 Å². The Morgan fingerprint density at radius 3 is 2.79 bits per heavy atom. The molecule has 1 aliphatic heterocycles. The molecule has 0 bridgehead atoms. The largest absolute Gasteiger partial charge is 0.473 e. The maximum atomic E-state index is 13.2. The van der Waals surface area contributed by atoms with Crippen LogP contribution in [0.1, 0.15) is 12.0 Å². The number of pyridine rings is 1. The molecule has 2 heterocycles. The number of halogens is 2. The molecular weight excluding hydrogens is 399 g/mol. The molecule has 1 aromatic carbocycles. The van der Waals surface area contributed by atoms with Crippen molar-refractivity contribution in [3.8, 4) is 5.88 Å². The summed E-state index contributed by atoms with van der Waals surface area (Å²) in [7, 11) is -3.66. The van der Waals surface area contributed by atoms with Crippen molar-refractivity contribution in [1.29, 1.82) is 0 Å². The van der Waals surface area contributed by atoms with Crippen molar-refractivity contribution in [2.75, 3.05) is 13.1 Å². The van der Waals surface area contributed by atoms with E-state index in [2.05, 4.69) is 20.9 Å². The van der Waals surface area contributed by atoms with E-state index in [1.807, 2.05) is 6.07 Å². The highest BCUT2D eigenvalue weighted by molar-refractivity contribution is 9.10. The molecular formula is C16H16BrFN2O3S. The van der Waals surface area contributed by atoms with Gasteiger partial charge in [0.15, 0.2) is 0 Å². The molecule has 3 rings (SSSR count). The van der Waals surface area contributed by atoms with Crippen molar-refractivity contribution in [3.63, 3.8) is 0 Å². The van der Waals surface area contributed by atoms with Crippen LogP contribution in [-0.2, 0) is 10.0 Å². The standard InChI is InChI=1S/C16H16BrFN2O3S/c1-11-8-13(18)3-4-15(11)24(21,22)20-7-6-14(10-20)23-16-5-2-12(17)9-19-16/h2-5,8-9,14H,6-7,10H2,1H3.